The summed E-state index contributed by atoms with van der Waals surface area (Å²) in [6.45, 7) is 1.72. The van der Waals surface area contributed by atoms with E-state index in [-0.39, 0.29) is 11.9 Å². The van der Waals surface area contributed by atoms with Gasteiger partial charge in [-0.25, -0.2) is 14.4 Å². The van der Waals surface area contributed by atoms with Gasteiger partial charge in [0.25, 0.3) is 0 Å². The minimum absolute atomic E-state index is 0.0793. The van der Waals surface area contributed by atoms with Crippen molar-refractivity contribution in [2.75, 3.05) is 11.9 Å². The van der Waals surface area contributed by atoms with Gasteiger partial charge in [-0.05, 0) is 61.9 Å². The van der Waals surface area contributed by atoms with Crippen LogP contribution in [0.5, 0.6) is 0 Å². The second kappa shape index (κ2) is 9.83. The van der Waals surface area contributed by atoms with Crippen molar-refractivity contribution < 1.29 is 4.39 Å². The van der Waals surface area contributed by atoms with Crippen LogP contribution in [-0.2, 0) is 6.54 Å². The van der Waals surface area contributed by atoms with Gasteiger partial charge in [-0.15, -0.1) is 0 Å². The topological polar surface area (TPSA) is 66.8 Å². The lowest BCUT2D eigenvalue weighted by molar-refractivity contribution is 0.132. The number of nitrogens with one attached hydrogen (secondary N) is 1. The highest BCUT2D eigenvalue weighted by atomic mass is 19.1. The first-order valence-electron chi connectivity index (χ1n) is 11.2. The number of hydrogen-bond acceptors (Lipinski definition) is 6. The van der Waals surface area contributed by atoms with E-state index >= 15 is 0 Å². The van der Waals surface area contributed by atoms with E-state index in [2.05, 4.69) is 26.3 Å². The van der Waals surface area contributed by atoms with Crippen LogP contribution in [0.3, 0.4) is 0 Å². The molecule has 5 rings (SSSR count). The summed E-state index contributed by atoms with van der Waals surface area (Å²) in [5, 5.41) is 3.26. The monoisotopic (exact) mass is 440 g/mol. The number of nitrogens with zero attached hydrogens (tertiary/aromatic N) is 5. The third kappa shape index (κ3) is 5.21. The van der Waals surface area contributed by atoms with E-state index in [0.717, 1.165) is 55.1 Å². The maximum Gasteiger partial charge on any atom is 0.148 e. The Hall–Kier alpha value is -3.71. The molecule has 7 heteroatoms. The SMILES string of the molecule is Fc1cccc(Nc2cc(-c3ccncc3)nc([C@@H]3CCCCN3Cc3ccccn3)n2)c1. The number of aromatic nitrogens is 4. The molecule has 33 heavy (non-hydrogen) atoms. The molecule has 0 unspecified atom stereocenters. The molecule has 1 aromatic carbocycles. The van der Waals surface area contributed by atoms with Crippen molar-refractivity contribution in [3.8, 4) is 11.3 Å². The maximum absolute atomic E-state index is 13.8. The molecular formula is C26H25FN6. The molecule has 6 nitrogen and oxygen atoms in total. The molecule has 3 aromatic heterocycles. The van der Waals surface area contributed by atoms with E-state index in [1.165, 1.54) is 12.1 Å². The number of likely N-dealkylation sites (tertiary alicyclic amines) is 1. The molecule has 1 fully saturated rings. The molecule has 0 radical (unpaired) electrons. The van der Waals surface area contributed by atoms with Crippen molar-refractivity contribution in [2.24, 2.45) is 0 Å². The average molecular weight is 441 g/mol. The van der Waals surface area contributed by atoms with Crippen LogP contribution in [0.25, 0.3) is 11.3 Å². The van der Waals surface area contributed by atoms with E-state index in [1.807, 2.05) is 42.6 Å². The molecular weight excluding hydrogens is 415 g/mol. The molecule has 4 aromatic rings. The van der Waals surface area contributed by atoms with E-state index in [9.17, 15) is 4.39 Å². The minimum atomic E-state index is -0.294. The maximum atomic E-state index is 13.8. The predicted octanol–water partition coefficient (Wildman–Crippen LogP) is 5.54. The molecule has 0 bridgehead atoms. The fourth-order valence-corrected chi connectivity index (χ4v) is 4.24. The third-order valence-corrected chi connectivity index (χ3v) is 5.82. The largest absolute Gasteiger partial charge is 0.340 e. The summed E-state index contributed by atoms with van der Waals surface area (Å²) in [7, 11) is 0. The van der Waals surface area contributed by atoms with Crippen molar-refractivity contribution in [1.82, 2.24) is 24.8 Å². The van der Waals surface area contributed by atoms with Gasteiger partial charge in [0.15, 0.2) is 0 Å². The van der Waals surface area contributed by atoms with Crippen molar-refractivity contribution in [2.45, 2.75) is 31.8 Å². The fraction of sp³-hybridized carbons (Fsp3) is 0.231. The molecule has 0 spiro atoms. The Morgan fingerprint density at radius 3 is 2.67 bits per heavy atom. The molecule has 1 aliphatic rings. The normalized spacial score (nSPS) is 16.5. The first kappa shape index (κ1) is 21.2. The van der Waals surface area contributed by atoms with Crippen molar-refractivity contribution >= 4 is 11.5 Å². The number of piperidine rings is 1. The molecule has 0 amide bonds. The first-order chi connectivity index (χ1) is 16.2. The molecule has 1 aliphatic heterocycles. The quantitative estimate of drug-likeness (QED) is 0.424. The fourth-order valence-electron chi connectivity index (χ4n) is 4.24. The number of pyridine rings is 2. The Morgan fingerprint density at radius 1 is 0.939 bits per heavy atom. The van der Waals surface area contributed by atoms with Crippen LogP contribution in [0.15, 0.2) is 79.3 Å². The number of anilines is 2. The highest BCUT2D eigenvalue weighted by molar-refractivity contribution is 5.65. The van der Waals surface area contributed by atoms with Gasteiger partial charge in [-0.2, -0.15) is 0 Å². The average Bonchev–Trinajstić information content (AvgIpc) is 2.85. The molecule has 1 N–H and O–H groups in total. The van der Waals surface area contributed by atoms with Crippen LogP contribution in [0.4, 0.5) is 15.9 Å². The van der Waals surface area contributed by atoms with Crippen LogP contribution < -0.4 is 5.32 Å². The summed E-state index contributed by atoms with van der Waals surface area (Å²) in [6, 6.07) is 18.2. The zero-order valence-corrected chi connectivity index (χ0v) is 18.2. The zero-order valence-electron chi connectivity index (χ0n) is 18.2. The Bertz CT molecular complexity index is 1200. The Morgan fingerprint density at radius 2 is 1.85 bits per heavy atom. The smallest absolute Gasteiger partial charge is 0.148 e. The standard InChI is InChI=1S/C26H25FN6/c27-20-6-5-8-21(16-20)30-25-17-23(19-10-13-28-14-11-19)31-26(32-25)24-9-2-4-15-33(24)18-22-7-1-3-12-29-22/h1,3,5-8,10-14,16-17,24H,2,4,9,15,18H2,(H,30,31,32)/t24-/m0/s1. The van der Waals surface area contributed by atoms with Gasteiger partial charge in [-0.1, -0.05) is 18.6 Å². The molecule has 1 saturated heterocycles. The molecule has 0 aliphatic carbocycles. The van der Waals surface area contributed by atoms with Crippen molar-refractivity contribution in [3.05, 3.63) is 96.6 Å². The van der Waals surface area contributed by atoms with Crippen molar-refractivity contribution in [3.63, 3.8) is 0 Å². The molecule has 166 valence electrons. The lowest BCUT2D eigenvalue weighted by Gasteiger charge is -2.34. The van der Waals surface area contributed by atoms with Crippen LogP contribution in [0.1, 0.15) is 36.8 Å². The summed E-state index contributed by atoms with van der Waals surface area (Å²) in [5.74, 6) is 1.11. The molecule has 0 saturated carbocycles. The van der Waals surface area contributed by atoms with Crippen LogP contribution >= 0.6 is 0 Å². The van der Waals surface area contributed by atoms with E-state index in [4.69, 9.17) is 9.97 Å². The van der Waals surface area contributed by atoms with Gasteiger partial charge in [0.05, 0.1) is 17.4 Å². The van der Waals surface area contributed by atoms with Gasteiger partial charge in [-0.3, -0.25) is 14.9 Å². The van der Waals surface area contributed by atoms with E-state index in [1.54, 1.807) is 18.5 Å². The lowest BCUT2D eigenvalue weighted by Crippen LogP contribution is -2.34. The Kier molecular flexibility index (Phi) is 6.30. The van der Waals surface area contributed by atoms with Crippen LogP contribution in [0.2, 0.25) is 0 Å². The van der Waals surface area contributed by atoms with Crippen LogP contribution in [0, 0.1) is 5.82 Å². The number of halogens is 1. The highest BCUT2D eigenvalue weighted by Crippen LogP contribution is 2.32. The minimum Gasteiger partial charge on any atom is -0.340 e. The van der Waals surface area contributed by atoms with Gasteiger partial charge >= 0.3 is 0 Å². The summed E-state index contributed by atoms with van der Waals surface area (Å²) in [5.41, 5.74) is 3.45. The Balaban J connectivity index is 1.51. The molecule has 4 heterocycles. The lowest BCUT2D eigenvalue weighted by atomic mass is 10.0. The second-order valence-electron chi connectivity index (χ2n) is 8.17. The summed E-state index contributed by atoms with van der Waals surface area (Å²) in [4.78, 5) is 20.9. The van der Waals surface area contributed by atoms with Gasteiger partial charge < -0.3 is 5.32 Å². The second-order valence-corrected chi connectivity index (χ2v) is 8.17. The summed E-state index contributed by atoms with van der Waals surface area (Å²) >= 11 is 0. The third-order valence-electron chi connectivity index (χ3n) is 5.82. The van der Waals surface area contributed by atoms with E-state index in [0.29, 0.717) is 11.5 Å². The summed E-state index contributed by atoms with van der Waals surface area (Å²) in [6.07, 6.45) is 8.58. The number of hydrogen-bond donors (Lipinski definition) is 1. The van der Waals surface area contributed by atoms with Gasteiger partial charge in [0.2, 0.25) is 0 Å². The van der Waals surface area contributed by atoms with Crippen LogP contribution in [-0.4, -0.2) is 31.4 Å². The number of benzene rings is 1. The molecule has 1 atom stereocenters. The number of rotatable bonds is 6. The van der Waals surface area contributed by atoms with Gasteiger partial charge in [0.1, 0.15) is 17.5 Å². The Labute approximate surface area is 192 Å². The first-order valence-corrected chi connectivity index (χ1v) is 11.2. The highest BCUT2D eigenvalue weighted by Gasteiger charge is 2.27. The summed E-state index contributed by atoms with van der Waals surface area (Å²) < 4.78 is 13.8. The van der Waals surface area contributed by atoms with E-state index < -0.39 is 0 Å². The zero-order chi connectivity index (χ0) is 22.5. The van der Waals surface area contributed by atoms with Crippen molar-refractivity contribution in [1.29, 1.82) is 0 Å². The van der Waals surface area contributed by atoms with Gasteiger partial charge in [0, 0.05) is 42.5 Å². The predicted molar refractivity (Wildman–Crippen MR) is 126 cm³/mol.